The molecule has 0 aliphatic heterocycles. The molecular formula is C15H22. The fourth-order valence-corrected chi connectivity index (χ4v) is 3.23. The first-order chi connectivity index (χ1) is 7.03. The molecule has 2 aliphatic rings. The minimum Gasteiger partial charge on any atom is -0.0999 e. The summed E-state index contributed by atoms with van der Waals surface area (Å²) in [5.41, 5.74) is 3.19. The Morgan fingerprint density at radius 2 is 2.27 bits per heavy atom. The molecule has 2 aliphatic carbocycles. The van der Waals surface area contributed by atoms with Crippen molar-refractivity contribution in [3.8, 4) is 0 Å². The molecule has 0 unspecified atom stereocenters. The van der Waals surface area contributed by atoms with Gasteiger partial charge in [-0.15, -0.1) is 0 Å². The Labute approximate surface area is 93.8 Å². The summed E-state index contributed by atoms with van der Waals surface area (Å²) in [7, 11) is 0. The lowest BCUT2D eigenvalue weighted by Gasteiger charge is -2.46. The molecule has 0 saturated heterocycles. The number of hydrogen-bond acceptors (Lipinski definition) is 0. The van der Waals surface area contributed by atoms with Gasteiger partial charge in [0.25, 0.3) is 0 Å². The van der Waals surface area contributed by atoms with E-state index in [9.17, 15) is 0 Å². The first-order valence-corrected chi connectivity index (χ1v) is 6.04. The standard InChI is InChI=1S/C15H22/c1-11(2)13-7-9-15(4)8-5-6-12(3)14(15)10-13/h5,8,13-14H,1,3,6-7,9-10H2,2,4H3/t13-,14+,15+/m1/s1. The molecule has 3 atom stereocenters. The molecule has 0 bridgehead atoms. The van der Waals surface area contributed by atoms with Gasteiger partial charge in [0.15, 0.2) is 0 Å². The summed E-state index contributed by atoms with van der Waals surface area (Å²) in [6.07, 6.45) is 9.70. The van der Waals surface area contributed by atoms with Crippen LogP contribution in [0.4, 0.5) is 0 Å². The van der Waals surface area contributed by atoms with Crippen LogP contribution in [0.25, 0.3) is 0 Å². The van der Waals surface area contributed by atoms with Gasteiger partial charge in [0.1, 0.15) is 0 Å². The van der Waals surface area contributed by atoms with Crippen LogP contribution in [0, 0.1) is 17.3 Å². The zero-order valence-electron chi connectivity index (χ0n) is 10.1. The van der Waals surface area contributed by atoms with Crippen LogP contribution in [-0.2, 0) is 0 Å². The Kier molecular flexibility index (Phi) is 2.62. The highest BCUT2D eigenvalue weighted by Crippen LogP contribution is 2.51. The monoisotopic (exact) mass is 202 g/mol. The molecule has 82 valence electrons. The van der Waals surface area contributed by atoms with E-state index in [0.717, 1.165) is 12.3 Å². The molecule has 15 heavy (non-hydrogen) atoms. The Morgan fingerprint density at radius 1 is 1.53 bits per heavy atom. The second-order valence-corrected chi connectivity index (χ2v) is 5.64. The predicted molar refractivity (Wildman–Crippen MR) is 66.6 cm³/mol. The fraction of sp³-hybridized carbons (Fsp3) is 0.600. The molecule has 0 radical (unpaired) electrons. The number of fused-ring (bicyclic) bond motifs is 1. The van der Waals surface area contributed by atoms with Crippen LogP contribution >= 0.6 is 0 Å². The van der Waals surface area contributed by atoms with E-state index in [1.54, 1.807) is 0 Å². The van der Waals surface area contributed by atoms with E-state index in [-0.39, 0.29) is 0 Å². The van der Waals surface area contributed by atoms with Gasteiger partial charge in [-0.1, -0.05) is 43.4 Å². The molecule has 1 fully saturated rings. The summed E-state index contributed by atoms with van der Waals surface area (Å²) in [5.74, 6) is 1.42. The van der Waals surface area contributed by atoms with E-state index < -0.39 is 0 Å². The molecule has 0 nitrogen and oxygen atoms in total. The fourth-order valence-electron chi connectivity index (χ4n) is 3.23. The minimum atomic E-state index is 0.390. The molecule has 1 saturated carbocycles. The van der Waals surface area contributed by atoms with E-state index in [1.165, 1.54) is 30.4 Å². The first kappa shape index (κ1) is 10.7. The Hall–Kier alpha value is -0.780. The van der Waals surface area contributed by atoms with Crippen molar-refractivity contribution >= 4 is 0 Å². The molecule has 0 aromatic carbocycles. The topological polar surface area (TPSA) is 0 Å². The summed E-state index contributed by atoms with van der Waals surface area (Å²) >= 11 is 0. The maximum Gasteiger partial charge on any atom is -0.00806 e. The van der Waals surface area contributed by atoms with Crippen molar-refractivity contribution in [1.29, 1.82) is 0 Å². The second-order valence-electron chi connectivity index (χ2n) is 5.64. The highest BCUT2D eigenvalue weighted by Gasteiger charge is 2.40. The number of allylic oxidation sites excluding steroid dienone is 4. The smallest absolute Gasteiger partial charge is 0.00806 e. The summed E-state index contributed by atoms with van der Waals surface area (Å²) in [4.78, 5) is 0. The van der Waals surface area contributed by atoms with Crippen LogP contribution in [-0.4, -0.2) is 0 Å². The average Bonchev–Trinajstić information content (AvgIpc) is 2.17. The third-order valence-corrected chi connectivity index (χ3v) is 4.42. The average molecular weight is 202 g/mol. The van der Waals surface area contributed by atoms with Crippen molar-refractivity contribution in [1.82, 2.24) is 0 Å². The Morgan fingerprint density at radius 3 is 2.93 bits per heavy atom. The second kappa shape index (κ2) is 3.66. The zero-order chi connectivity index (χ0) is 11.1. The lowest BCUT2D eigenvalue weighted by molar-refractivity contribution is 0.162. The number of hydrogen-bond donors (Lipinski definition) is 0. The highest BCUT2D eigenvalue weighted by molar-refractivity contribution is 5.23. The summed E-state index contributed by atoms with van der Waals surface area (Å²) in [6, 6.07) is 0. The molecule has 2 rings (SSSR count). The van der Waals surface area contributed by atoms with Gasteiger partial charge >= 0.3 is 0 Å². The molecular weight excluding hydrogens is 180 g/mol. The van der Waals surface area contributed by atoms with Crippen molar-refractivity contribution in [2.75, 3.05) is 0 Å². The van der Waals surface area contributed by atoms with Gasteiger partial charge in [-0.2, -0.15) is 0 Å². The highest BCUT2D eigenvalue weighted by atomic mass is 14.4. The predicted octanol–water partition coefficient (Wildman–Crippen LogP) is 4.50. The van der Waals surface area contributed by atoms with Crippen LogP contribution in [0.1, 0.15) is 39.5 Å². The SMILES string of the molecule is C=C(C)[C@@H]1CC[C@]2(C)C=CCC(=C)[C@@H]2C1. The van der Waals surface area contributed by atoms with Crippen LogP contribution < -0.4 is 0 Å². The van der Waals surface area contributed by atoms with Crippen molar-refractivity contribution in [2.45, 2.75) is 39.5 Å². The van der Waals surface area contributed by atoms with Gasteiger partial charge in [-0.25, -0.2) is 0 Å². The van der Waals surface area contributed by atoms with E-state index >= 15 is 0 Å². The van der Waals surface area contributed by atoms with Gasteiger partial charge in [0.2, 0.25) is 0 Å². The zero-order valence-corrected chi connectivity index (χ0v) is 10.1. The molecule has 0 spiro atoms. The lowest BCUT2D eigenvalue weighted by Crippen LogP contribution is -2.35. The van der Waals surface area contributed by atoms with Crippen molar-refractivity contribution in [2.24, 2.45) is 17.3 Å². The summed E-state index contributed by atoms with van der Waals surface area (Å²) < 4.78 is 0. The van der Waals surface area contributed by atoms with E-state index in [4.69, 9.17) is 0 Å². The summed E-state index contributed by atoms with van der Waals surface area (Å²) in [5, 5.41) is 0. The quantitative estimate of drug-likeness (QED) is 0.549. The van der Waals surface area contributed by atoms with Crippen LogP contribution in [0.5, 0.6) is 0 Å². The van der Waals surface area contributed by atoms with Crippen molar-refractivity contribution < 1.29 is 0 Å². The first-order valence-electron chi connectivity index (χ1n) is 6.04. The van der Waals surface area contributed by atoms with Crippen LogP contribution in [0.2, 0.25) is 0 Å². The van der Waals surface area contributed by atoms with Gasteiger partial charge in [0.05, 0.1) is 0 Å². The molecule has 0 heterocycles. The Balaban J connectivity index is 2.22. The van der Waals surface area contributed by atoms with Crippen molar-refractivity contribution in [3.05, 3.63) is 36.5 Å². The molecule has 0 N–H and O–H groups in total. The lowest BCUT2D eigenvalue weighted by atomic mass is 9.59. The molecule has 0 aromatic heterocycles. The van der Waals surface area contributed by atoms with E-state index in [1.807, 2.05) is 0 Å². The third-order valence-electron chi connectivity index (χ3n) is 4.42. The van der Waals surface area contributed by atoms with E-state index in [0.29, 0.717) is 11.3 Å². The van der Waals surface area contributed by atoms with Crippen LogP contribution in [0.15, 0.2) is 36.5 Å². The van der Waals surface area contributed by atoms with Gasteiger partial charge in [0, 0.05) is 0 Å². The van der Waals surface area contributed by atoms with E-state index in [2.05, 4.69) is 39.2 Å². The minimum absolute atomic E-state index is 0.390. The van der Waals surface area contributed by atoms with Gasteiger partial charge < -0.3 is 0 Å². The molecule has 0 aromatic rings. The van der Waals surface area contributed by atoms with Crippen LogP contribution in [0.3, 0.4) is 0 Å². The van der Waals surface area contributed by atoms with Gasteiger partial charge in [-0.05, 0) is 49.9 Å². The van der Waals surface area contributed by atoms with Crippen molar-refractivity contribution in [3.63, 3.8) is 0 Å². The van der Waals surface area contributed by atoms with Gasteiger partial charge in [-0.3, -0.25) is 0 Å². The largest absolute Gasteiger partial charge is 0.0999 e. The molecule has 0 amide bonds. The maximum atomic E-state index is 4.26. The number of rotatable bonds is 1. The maximum absolute atomic E-state index is 4.26. The Bertz CT molecular complexity index is 321. The normalized spacial score (nSPS) is 40.0. The third kappa shape index (κ3) is 1.82. The summed E-state index contributed by atoms with van der Waals surface area (Å²) in [6.45, 7) is 12.9. The molecule has 0 heteroatoms.